The van der Waals surface area contributed by atoms with Gasteiger partial charge in [-0.1, -0.05) is 26.0 Å². The maximum atomic E-state index is 13.2. The highest BCUT2D eigenvalue weighted by Gasteiger charge is 2.18. The average Bonchev–Trinajstić information content (AvgIpc) is 3.29. The van der Waals surface area contributed by atoms with Crippen LogP contribution in [0.5, 0.6) is 0 Å². The third kappa shape index (κ3) is 2.95. The van der Waals surface area contributed by atoms with Crippen molar-refractivity contribution >= 4 is 5.65 Å². The third-order valence-corrected chi connectivity index (χ3v) is 4.73. The minimum atomic E-state index is -0.306. The number of aromatic amines is 1. The maximum Gasteiger partial charge on any atom is 0.272 e. The fourth-order valence-electron chi connectivity index (χ4n) is 3.30. The summed E-state index contributed by atoms with van der Waals surface area (Å²) in [7, 11) is 0. The van der Waals surface area contributed by atoms with Crippen LogP contribution in [0.15, 0.2) is 53.7 Å². The molecule has 4 rings (SSSR count). The summed E-state index contributed by atoms with van der Waals surface area (Å²) < 4.78 is 16.7. The van der Waals surface area contributed by atoms with Crippen LogP contribution in [0.2, 0.25) is 0 Å². The molecule has 0 amide bonds. The topological polar surface area (TPSA) is 68.0 Å². The Morgan fingerprint density at radius 1 is 1.15 bits per heavy atom. The van der Waals surface area contributed by atoms with Crippen molar-refractivity contribution in [2.75, 3.05) is 0 Å². The van der Waals surface area contributed by atoms with Crippen molar-refractivity contribution in [3.63, 3.8) is 0 Å². The van der Waals surface area contributed by atoms with Crippen LogP contribution in [0.1, 0.15) is 44.2 Å². The first-order valence-corrected chi connectivity index (χ1v) is 8.85. The molecule has 6 nitrogen and oxygen atoms in total. The first-order chi connectivity index (χ1) is 13.0. The molecule has 7 heteroatoms. The second-order valence-corrected chi connectivity index (χ2v) is 6.90. The molecule has 0 saturated heterocycles. The van der Waals surface area contributed by atoms with Gasteiger partial charge in [0.15, 0.2) is 5.65 Å². The van der Waals surface area contributed by atoms with E-state index in [4.69, 9.17) is 4.98 Å². The molecule has 4 aromatic rings. The summed E-state index contributed by atoms with van der Waals surface area (Å²) in [6.07, 6.45) is 5.38. The SMILES string of the molecule is CC(C)c1nccn1[C@@H](C)c1cc(=O)n2[nH]cc(-c3ccc(F)cc3)c2n1. The normalized spacial score (nSPS) is 12.8. The minimum Gasteiger partial charge on any atom is -0.326 e. The van der Waals surface area contributed by atoms with Crippen molar-refractivity contribution in [3.8, 4) is 11.1 Å². The van der Waals surface area contributed by atoms with Gasteiger partial charge >= 0.3 is 0 Å². The smallest absolute Gasteiger partial charge is 0.272 e. The Bertz CT molecular complexity index is 1150. The van der Waals surface area contributed by atoms with E-state index < -0.39 is 0 Å². The Balaban J connectivity index is 1.85. The van der Waals surface area contributed by atoms with Gasteiger partial charge < -0.3 is 4.57 Å². The molecule has 0 aliphatic carbocycles. The number of fused-ring (bicyclic) bond motifs is 1. The van der Waals surface area contributed by atoms with E-state index in [1.54, 1.807) is 24.5 Å². The summed E-state index contributed by atoms with van der Waals surface area (Å²) in [5, 5.41) is 2.93. The highest BCUT2D eigenvalue weighted by atomic mass is 19.1. The van der Waals surface area contributed by atoms with Crippen LogP contribution in [0.4, 0.5) is 4.39 Å². The molecule has 138 valence electrons. The number of aromatic nitrogens is 5. The van der Waals surface area contributed by atoms with Crippen LogP contribution < -0.4 is 5.56 Å². The van der Waals surface area contributed by atoms with Crippen molar-refractivity contribution in [2.24, 2.45) is 0 Å². The van der Waals surface area contributed by atoms with Gasteiger partial charge in [0.1, 0.15) is 11.6 Å². The number of hydrogen-bond donors (Lipinski definition) is 1. The van der Waals surface area contributed by atoms with Gasteiger partial charge in [0.25, 0.3) is 5.56 Å². The van der Waals surface area contributed by atoms with Crippen LogP contribution in [0.3, 0.4) is 0 Å². The molecule has 0 fully saturated rings. The van der Waals surface area contributed by atoms with E-state index in [-0.39, 0.29) is 23.3 Å². The average molecular weight is 365 g/mol. The third-order valence-electron chi connectivity index (χ3n) is 4.73. The molecule has 0 saturated carbocycles. The zero-order valence-corrected chi connectivity index (χ0v) is 15.3. The molecule has 1 aromatic carbocycles. The maximum absolute atomic E-state index is 13.2. The van der Waals surface area contributed by atoms with Gasteiger partial charge in [-0.25, -0.2) is 18.9 Å². The van der Waals surface area contributed by atoms with Crippen molar-refractivity contribution in [2.45, 2.75) is 32.7 Å². The quantitative estimate of drug-likeness (QED) is 0.599. The number of nitrogens with zero attached hydrogens (tertiary/aromatic N) is 4. The number of benzene rings is 1. The predicted molar refractivity (Wildman–Crippen MR) is 101 cm³/mol. The lowest BCUT2D eigenvalue weighted by Gasteiger charge is -2.17. The Morgan fingerprint density at radius 2 is 1.89 bits per heavy atom. The molecule has 1 N–H and O–H groups in total. The molecular weight excluding hydrogens is 345 g/mol. The first kappa shape index (κ1) is 17.2. The lowest BCUT2D eigenvalue weighted by Crippen LogP contribution is -2.19. The van der Waals surface area contributed by atoms with Gasteiger partial charge in [0.05, 0.1) is 11.7 Å². The summed E-state index contributed by atoms with van der Waals surface area (Å²) in [5.74, 6) is 0.894. The van der Waals surface area contributed by atoms with Crippen molar-refractivity contribution in [1.82, 2.24) is 24.1 Å². The highest BCUT2D eigenvalue weighted by Crippen LogP contribution is 2.25. The molecule has 0 bridgehead atoms. The molecule has 3 aromatic heterocycles. The number of halogens is 1. The fraction of sp³-hybridized carbons (Fsp3) is 0.250. The van der Waals surface area contributed by atoms with Crippen LogP contribution >= 0.6 is 0 Å². The van der Waals surface area contributed by atoms with Gasteiger partial charge in [-0.2, -0.15) is 0 Å². The molecule has 0 aliphatic heterocycles. The predicted octanol–water partition coefficient (Wildman–Crippen LogP) is 3.76. The molecule has 0 aliphatic rings. The Hall–Kier alpha value is -3.22. The standard InChI is InChI=1S/C20H20FN5O/c1-12(2)19-22-8-9-25(19)13(3)17-10-18(27)26-20(24-17)16(11-23-26)14-4-6-15(21)7-5-14/h4-13,23H,1-3H3/t13-/m0/s1. The second-order valence-electron chi connectivity index (χ2n) is 6.90. The fourth-order valence-corrected chi connectivity index (χ4v) is 3.30. The number of nitrogens with one attached hydrogen (secondary N) is 1. The van der Waals surface area contributed by atoms with E-state index >= 15 is 0 Å². The van der Waals surface area contributed by atoms with Crippen molar-refractivity contribution in [3.05, 3.63) is 76.6 Å². The number of H-pyrrole nitrogens is 1. The van der Waals surface area contributed by atoms with E-state index in [1.165, 1.54) is 22.7 Å². The summed E-state index contributed by atoms with van der Waals surface area (Å²) >= 11 is 0. The van der Waals surface area contributed by atoms with E-state index in [2.05, 4.69) is 23.9 Å². The summed E-state index contributed by atoms with van der Waals surface area (Å²) in [4.78, 5) is 21.8. The highest BCUT2D eigenvalue weighted by molar-refractivity contribution is 5.76. The zero-order valence-electron chi connectivity index (χ0n) is 15.3. The van der Waals surface area contributed by atoms with Crippen LogP contribution in [0.25, 0.3) is 16.8 Å². The van der Waals surface area contributed by atoms with Gasteiger partial charge in [0.2, 0.25) is 0 Å². The zero-order chi connectivity index (χ0) is 19.1. The van der Waals surface area contributed by atoms with Gasteiger partial charge in [-0.3, -0.25) is 9.89 Å². The Labute approximate surface area is 155 Å². The van der Waals surface area contributed by atoms with Gasteiger partial charge in [0, 0.05) is 36.1 Å². The second kappa shape index (κ2) is 6.50. The Kier molecular flexibility index (Phi) is 4.14. The molecule has 0 unspecified atom stereocenters. The van der Waals surface area contributed by atoms with Crippen LogP contribution in [-0.2, 0) is 0 Å². The Morgan fingerprint density at radius 3 is 2.59 bits per heavy atom. The molecule has 3 heterocycles. The van der Waals surface area contributed by atoms with E-state index in [1.807, 2.05) is 17.7 Å². The van der Waals surface area contributed by atoms with E-state index in [0.717, 1.165) is 17.0 Å². The number of hydrogen-bond acceptors (Lipinski definition) is 3. The summed E-state index contributed by atoms with van der Waals surface area (Å²) in [6, 6.07) is 7.53. The lowest BCUT2D eigenvalue weighted by atomic mass is 10.1. The summed E-state index contributed by atoms with van der Waals surface area (Å²) in [5.41, 5.74) is 2.51. The molecular formula is C20H20FN5O. The molecule has 0 radical (unpaired) electrons. The van der Waals surface area contributed by atoms with Gasteiger partial charge in [-0.05, 0) is 24.6 Å². The van der Waals surface area contributed by atoms with E-state index in [9.17, 15) is 9.18 Å². The van der Waals surface area contributed by atoms with Crippen molar-refractivity contribution < 1.29 is 4.39 Å². The van der Waals surface area contributed by atoms with Crippen LogP contribution in [-0.4, -0.2) is 24.1 Å². The van der Waals surface area contributed by atoms with Crippen LogP contribution in [0, 0.1) is 5.82 Å². The number of imidazole rings is 1. The molecule has 0 spiro atoms. The minimum absolute atomic E-state index is 0.140. The molecule has 27 heavy (non-hydrogen) atoms. The van der Waals surface area contributed by atoms with Crippen molar-refractivity contribution in [1.29, 1.82) is 0 Å². The molecule has 1 atom stereocenters. The van der Waals surface area contributed by atoms with E-state index in [0.29, 0.717) is 11.3 Å². The van der Waals surface area contributed by atoms with Gasteiger partial charge in [-0.15, -0.1) is 0 Å². The lowest BCUT2D eigenvalue weighted by molar-refractivity contribution is 0.565. The first-order valence-electron chi connectivity index (χ1n) is 8.85. The monoisotopic (exact) mass is 365 g/mol. The largest absolute Gasteiger partial charge is 0.326 e. The number of rotatable bonds is 4. The summed E-state index contributed by atoms with van der Waals surface area (Å²) in [6.45, 7) is 6.15.